The van der Waals surface area contributed by atoms with Crippen molar-refractivity contribution in [2.75, 3.05) is 12.3 Å². The molecule has 3 rings (SSSR count). The number of aromatic nitrogens is 2. The second-order valence-electron chi connectivity index (χ2n) is 6.16. The fourth-order valence-electron chi connectivity index (χ4n) is 3.35. The number of carbonyl (C=O) groups excluding carboxylic acids is 1. The Bertz CT molecular complexity index is 778. The molecule has 0 unspecified atom stereocenters. The third kappa shape index (κ3) is 3.52. The summed E-state index contributed by atoms with van der Waals surface area (Å²) >= 11 is 2.82. The molecular weight excluding hydrogens is 342 g/mol. The zero-order valence-electron chi connectivity index (χ0n) is 14.2. The molecule has 24 heavy (non-hydrogen) atoms. The highest BCUT2D eigenvalue weighted by Gasteiger charge is 2.24. The fourth-order valence-corrected chi connectivity index (χ4v) is 5.01. The van der Waals surface area contributed by atoms with E-state index >= 15 is 0 Å². The van der Waals surface area contributed by atoms with E-state index in [0.29, 0.717) is 22.3 Å². The van der Waals surface area contributed by atoms with Gasteiger partial charge in [-0.25, -0.2) is 4.98 Å². The Hall–Kier alpha value is -1.34. The molecule has 0 aliphatic heterocycles. The summed E-state index contributed by atoms with van der Waals surface area (Å²) in [7, 11) is 1.72. The molecule has 2 heterocycles. The normalized spacial score (nSPS) is 15.8. The van der Waals surface area contributed by atoms with Crippen molar-refractivity contribution in [3.8, 4) is 0 Å². The Morgan fingerprint density at radius 1 is 1.42 bits per heavy atom. The average molecular weight is 366 g/mol. The topological polar surface area (TPSA) is 55.2 Å². The molecule has 7 heteroatoms. The predicted molar refractivity (Wildman–Crippen MR) is 99.8 cm³/mol. The summed E-state index contributed by atoms with van der Waals surface area (Å²) in [5, 5.41) is 3.14. The van der Waals surface area contributed by atoms with Gasteiger partial charge in [0.2, 0.25) is 5.91 Å². The zero-order chi connectivity index (χ0) is 17.1. The molecule has 1 amide bonds. The molecule has 0 radical (unpaired) electrons. The predicted octanol–water partition coefficient (Wildman–Crippen LogP) is 3.27. The van der Waals surface area contributed by atoms with Crippen LogP contribution in [0, 0.1) is 0 Å². The van der Waals surface area contributed by atoms with Crippen LogP contribution in [0.25, 0.3) is 10.2 Å². The van der Waals surface area contributed by atoms with Gasteiger partial charge in [-0.15, -0.1) is 11.3 Å². The van der Waals surface area contributed by atoms with Gasteiger partial charge in [-0.2, -0.15) is 0 Å². The van der Waals surface area contributed by atoms with Crippen LogP contribution in [0.5, 0.6) is 0 Å². The van der Waals surface area contributed by atoms with Gasteiger partial charge in [0.25, 0.3) is 5.56 Å². The maximum atomic E-state index is 12.6. The van der Waals surface area contributed by atoms with Crippen molar-refractivity contribution in [2.24, 2.45) is 7.05 Å². The van der Waals surface area contributed by atoms with E-state index in [-0.39, 0.29) is 11.5 Å². The highest BCUT2D eigenvalue weighted by molar-refractivity contribution is 7.99. The Morgan fingerprint density at radius 3 is 2.88 bits per heavy atom. The van der Waals surface area contributed by atoms with E-state index in [1.165, 1.54) is 42.4 Å². The molecule has 1 fully saturated rings. The number of hydrogen-bond acceptors (Lipinski definition) is 5. The van der Waals surface area contributed by atoms with Crippen LogP contribution in [0.3, 0.4) is 0 Å². The summed E-state index contributed by atoms with van der Waals surface area (Å²) in [6, 6.07) is 2.19. The number of thiophene rings is 1. The summed E-state index contributed by atoms with van der Waals surface area (Å²) in [6.07, 6.45) is 5.94. The minimum Gasteiger partial charge on any atom is -0.339 e. The largest absolute Gasteiger partial charge is 0.339 e. The Balaban J connectivity index is 1.71. The van der Waals surface area contributed by atoms with E-state index in [9.17, 15) is 9.59 Å². The number of hydrogen-bond donors (Lipinski definition) is 0. The van der Waals surface area contributed by atoms with E-state index in [1.807, 2.05) is 17.2 Å². The first-order chi connectivity index (χ1) is 11.6. The Morgan fingerprint density at radius 2 is 2.17 bits per heavy atom. The standard InChI is InChI=1S/C17H23N3O2S2/c1-3-20(12-7-5-4-6-8-12)14(21)11-24-17-18-15-13(9-10-23-15)16(22)19(17)2/h9-10,12H,3-8,11H2,1-2H3. The summed E-state index contributed by atoms with van der Waals surface area (Å²) < 4.78 is 1.55. The number of rotatable bonds is 5. The molecule has 0 aromatic carbocycles. The van der Waals surface area contributed by atoms with Gasteiger partial charge in [-0.3, -0.25) is 14.2 Å². The van der Waals surface area contributed by atoms with Crippen molar-refractivity contribution in [3.63, 3.8) is 0 Å². The zero-order valence-corrected chi connectivity index (χ0v) is 15.8. The average Bonchev–Trinajstić information content (AvgIpc) is 3.07. The lowest BCUT2D eigenvalue weighted by molar-refractivity contribution is -0.131. The molecule has 1 aliphatic carbocycles. The maximum absolute atomic E-state index is 12.6. The van der Waals surface area contributed by atoms with E-state index in [2.05, 4.69) is 4.98 Å². The molecular formula is C17H23N3O2S2. The molecule has 0 bridgehead atoms. The first kappa shape index (κ1) is 17.5. The monoisotopic (exact) mass is 365 g/mol. The minimum absolute atomic E-state index is 0.0455. The van der Waals surface area contributed by atoms with Gasteiger partial charge in [0.05, 0.1) is 11.1 Å². The Labute approximate surface area is 150 Å². The van der Waals surface area contributed by atoms with Crippen LogP contribution < -0.4 is 5.56 Å². The molecule has 1 aliphatic rings. The van der Waals surface area contributed by atoms with Crippen molar-refractivity contribution in [1.29, 1.82) is 0 Å². The molecule has 5 nitrogen and oxygen atoms in total. The molecule has 2 aromatic rings. The van der Waals surface area contributed by atoms with Crippen LogP contribution in [0.2, 0.25) is 0 Å². The lowest BCUT2D eigenvalue weighted by Crippen LogP contribution is -2.42. The minimum atomic E-state index is -0.0455. The lowest BCUT2D eigenvalue weighted by Gasteiger charge is -2.33. The number of fused-ring (bicyclic) bond motifs is 1. The van der Waals surface area contributed by atoms with Crippen molar-refractivity contribution >= 4 is 39.2 Å². The van der Waals surface area contributed by atoms with E-state index in [0.717, 1.165) is 24.2 Å². The van der Waals surface area contributed by atoms with E-state index < -0.39 is 0 Å². The molecule has 0 atom stereocenters. The summed E-state index contributed by atoms with van der Waals surface area (Å²) in [5.74, 6) is 0.483. The van der Waals surface area contributed by atoms with Gasteiger partial charge in [0, 0.05) is 19.6 Å². The highest BCUT2D eigenvalue weighted by atomic mass is 32.2. The van der Waals surface area contributed by atoms with Crippen LogP contribution >= 0.6 is 23.1 Å². The van der Waals surface area contributed by atoms with Crippen LogP contribution in [0.4, 0.5) is 0 Å². The third-order valence-electron chi connectivity index (χ3n) is 4.67. The molecule has 0 spiro atoms. The van der Waals surface area contributed by atoms with Crippen molar-refractivity contribution in [2.45, 2.75) is 50.2 Å². The van der Waals surface area contributed by atoms with Crippen molar-refractivity contribution in [3.05, 3.63) is 21.8 Å². The van der Waals surface area contributed by atoms with Crippen LogP contribution in [-0.4, -0.2) is 38.7 Å². The molecule has 0 N–H and O–H groups in total. The number of carbonyl (C=O) groups is 1. The summed E-state index contributed by atoms with van der Waals surface area (Å²) in [5.41, 5.74) is -0.0455. The molecule has 130 valence electrons. The van der Waals surface area contributed by atoms with Gasteiger partial charge < -0.3 is 4.90 Å². The van der Waals surface area contributed by atoms with Gasteiger partial charge >= 0.3 is 0 Å². The Kier molecular flexibility index (Phi) is 5.61. The number of nitrogens with zero attached hydrogens (tertiary/aromatic N) is 3. The van der Waals surface area contributed by atoms with Crippen LogP contribution in [-0.2, 0) is 11.8 Å². The highest BCUT2D eigenvalue weighted by Crippen LogP contribution is 2.25. The summed E-state index contributed by atoms with van der Waals surface area (Å²) in [4.78, 5) is 32.3. The molecule has 0 saturated heterocycles. The number of thioether (sulfide) groups is 1. The van der Waals surface area contributed by atoms with Gasteiger partial charge in [-0.05, 0) is 31.2 Å². The van der Waals surface area contributed by atoms with Crippen molar-refractivity contribution < 1.29 is 4.79 Å². The maximum Gasteiger partial charge on any atom is 0.262 e. The second kappa shape index (κ2) is 7.70. The fraction of sp³-hybridized carbons (Fsp3) is 0.588. The van der Waals surface area contributed by atoms with Crippen LogP contribution in [0.1, 0.15) is 39.0 Å². The first-order valence-corrected chi connectivity index (χ1v) is 10.3. The van der Waals surface area contributed by atoms with E-state index in [1.54, 1.807) is 17.7 Å². The van der Waals surface area contributed by atoms with Gasteiger partial charge in [-0.1, -0.05) is 31.0 Å². The lowest BCUT2D eigenvalue weighted by atomic mass is 9.94. The molecule has 1 saturated carbocycles. The van der Waals surface area contributed by atoms with E-state index in [4.69, 9.17) is 0 Å². The van der Waals surface area contributed by atoms with Crippen LogP contribution in [0.15, 0.2) is 21.4 Å². The number of amides is 1. The van der Waals surface area contributed by atoms with Gasteiger partial charge in [0.1, 0.15) is 4.83 Å². The molecule has 2 aromatic heterocycles. The quantitative estimate of drug-likeness (QED) is 0.603. The van der Waals surface area contributed by atoms with Gasteiger partial charge in [0.15, 0.2) is 5.16 Å². The SMILES string of the molecule is CCN(C(=O)CSc1nc2sccc2c(=O)n1C)C1CCCCC1. The summed E-state index contributed by atoms with van der Waals surface area (Å²) in [6.45, 7) is 2.79. The van der Waals surface area contributed by atoms with Crippen molar-refractivity contribution in [1.82, 2.24) is 14.5 Å². The smallest absolute Gasteiger partial charge is 0.262 e. The first-order valence-electron chi connectivity index (χ1n) is 8.48. The third-order valence-corrected chi connectivity index (χ3v) is 6.49. The second-order valence-corrected chi connectivity index (χ2v) is 8.00.